The van der Waals surface area contributed by atoms with Crippen LogP contribution in [0.5, 0.6) is 0 Å². The van der Waals surface area contributed by atoms with Crippen molar-refractivity contribution in [2.24, 2.45) is 0 Å². The zero-order valence-electron chi connectivity index (χ0n) is 11.0. The lowest BCUT2D eigenvalue weighted by Crippen LogP contribution is -2.32. The standard InChI is InChI=1S/C14H15N5O/c20-14(16-10-3-4-10)11-5-6-12-17-18-13(19(11)12)9-2-1-7-15-8-9/h1-2,7-8,10-11H,3-6H2,(H,16,20). The summed E-state index contributed by atoms with van der Waals surface area (Å²) in [4.78, 5) is 16.4. The number of nitrogens with one attached hydrogen (secondary N) is 1. The van der Waals surface area contributed by atoms with Gasteiger partial charge < -0.3 is 5.32 Å². The van der Waals surface area contributed by atoms with Gasteiger partial charge in [0.25, 0.3) is 0 Å². The second kappa shape index (κ2) is 4.40. The minimum atomic E-state index is -0.184. The molecule has 2 aromatic heterocycles. The van der Waals surface area contributed by atoms with E-state index in [-0.39, 0.29) is 11.9 Å². The summed E-state index contributed by atoms with van der Waals surface area (Å²) < 4.78 is 1.97. The summed E-state index contributed by atoms with van der Waals surface area (Å²) in [7, 11) is 0. The highest BCUT2D eigenvalue weighted by Crippen LogP contribution is 2.31. The Morgan fingerprint density at radius 3 is 2.95 bits per heavy atom. The first-order valence-electron chi connectivity index (χ1n) is 6.97. The summed E-state index contributed by atoms with van der Waals surface area (Å²) in [5, 5.41) is 11.5. The molecule has 1 atom stereocenters. The van der Waals surface area contributed by atoms with Crippen molar-refractivity contribution in [2.45, 2.75) is 37.8 Å². The molecule has 0 spiro atoms. The molecule has 6 heteroatoms. The minimum absolute atomic E-state index is 0.0937. The Labute approximate surface area is 116 Å². The molecule has 1 saturated carbocycles. The molecule has 20 heavy (non-hydrogen) atoms. The minimum Gasteiger partial charge on any atom is -0.352 e. The van der Waals surface area contributed by atoms with Crippen LogP contribution in [0.4, 0.5) is 0 Å². The third-order valence-corrected chi connectivity index (χ3v) is 3.87. The smallest absolute Gasteiger partial charge is 0.243 e. The van der Waals surface area contributed by atoms with Crippen molar-refractivity contribution in [3.8, 4) is 11.4 Å². The van der Waals surface area contributed by atoms with Crippen LogP contribution in [0.2, 0.25) is 0 Å². The lowest BCUT2D eigenvalue weighted by atomic mass is 10.2. The van der Waals surface area contributed by atoms with Crippen molar-refractivity contribution in [3.05, 3.63) is 30.4 Å². The van der Waals surface area contributed by atoms with Gasteiger partial charge >= 0.3 is 0 Å². The number of amides is 1. The quantitative estimate of drug-likeness (QED) is 0.905. The van der Waals surface area contributed by atoms with Gasteiger partial charge in [-0.2, -0.15) is 0 Å². The fraction of sp³-hybridized carbons (Fsp3) is 0.429. The van der Waals surface area contributed by atoms with Crippen molar-refractivity contribution in [1.82, 2.24) is 25.1 Å². The van der Waals surface area contributed by atoms with Crippen LogP contribution in [0.25, 0.3) is 11.4 Å². The number of carbonyl (C=O) groups is 1. The van der Waals surface area contributed by atoms with Gasteiger partial charge in [-0.25, -0.2) is 0 Å². The molecule has 1 aliphatic heterocycles. The van der Waals surface area contributed by atoms with Crippen LogP contribution in [0.15, 0.2) is 24.5 Å². The molecule has 3 heterocycles. The Balaban J connectivity index is 1.69. The Morgan fingerprint density at radius 1 is 1.30 bits per heavy atom. The Bertz CT molecular complexity index is 647. The Hall–Kier alpha value is -2.24. The first-order valence-corrected chi connectivity index (χ1v) is 6.97. The summed E-state index contributed by atoms with van der Waals surface area (Å²) in [5.74, 6) is 1.72. The van der Waals surface area contributed by atoms with Crippen LogP contribution in [-0.4, -0.2) is 31.7 Å². The second-order valence-electron chi connectivity index (χ2n) is 5.39. The Kier molecular flexibility index (Phi) is 2.55. The number of nitrogens with zero attached hydrogens (tertiary/aromatic N) is 4. The summed E-state index contributed by atoms with van der Waals surface area (Å²) in [6, 6.07) is 4.00. The molecule has 4 rings (SSSR count). The van der Waals surface area contributed by atoms with E-state index in [2.05, 4.69) is 20.5 Å². The van der Waals surface area contributed by atoms with Crippen LogP contribution in [0.3, 0.4) is 0 Å². The zero-order valence-corrected chi connectivity index (χ0v) is 11.0. The van der Waals surface area contributed by atoms with E-state index in [4.69, 9.17) is 0 Å². The SMILES string of the molecule is O=C(NC1CC1)C1CCc2nnc(-c3cccnc3)n21. The van der Waals surface area contributed by atoms with Gasteiger partial charge in [0, 0.05) is 30.4 Å². The predicted octanol–water partition coefficient (Wildman–Crippen LogP) is 1.11. The molecule has 0 saturated heterocycles. The average molecular weight is 269 g/mol. The highest BCUT2D eigenvalue weighted by molar-refractivity contribution is 5.82. The third-order valence-electron chi connectivity index (χ3n) is 3.87. The number of carbonyl (C=O) groups excluding carboxylic acids is 1. The molecule has 1 aliphatic carbocycles. The van der Waals surface area contributed by atoms with Gasteiger partial charge in [-0.3, -0.25) is 14.3 Å². The van der Waals surface area contributed by atoms with Crippen molar-refractivity contribution in [2.75, 3.05) is 0 Å². The summed E-state index contributed by atoms with van der Waals surface area (Å²) >= 11 is 0. The van der Waals surface area contributed by atoms with E-state index < -0.39 is 0 Å². The highest BCUT2D eigenvalue weighted by atomic mass is 16.2. The lowest BCUT2D eigenvalue weighted by molar-refractivity contribution is -0.124. The fourth-order valence-electron chi connectivity index (χ4n) is 2.68. The first kappa shape index (κ1) is 11.6. The molecule has 0 aromatic carbocycles. The molecule has 0 radical (unpaired) electrons. The second-order valence-corrected chi connectivity index (χ2v) is 5.39. The van der Waals surface area contributed by atoms with E-state index in [1.54, 1.807) is 12.4 Å². The number of aromatic nitrogens is 4. The van der Waals surface area contributed by atoms with E-state index >= 15 is 0 Å². The number of hydrogen-bond donors (Lipinski definition) is 1. The van der Waals surface area contributed by atoms with Crippen LogP contribution < -0.4 is 5.32 Å². The van der Waals surface area contributed by atoms with Gasteiger partial charge in [-0.15, -0.1) is 10.2 Å². The van der Waals surface area contributed by atoms with Gasteiger partial charge in [-0.1, -0.05) is 0 Å². The van der Waals surface area contributed by atoms with E-state index in [0.29, 0.717) is 6.04 Å². The molecule has 2 aromatic rings. The van der Waals surface area contributed by atoms with Crippen LogP contribution in [0, 0.1) is 0 Å². The van der Waals surface area contributed by atoms with Crippen LogP contribution in [-0.2, 0) is 11.2 Å². The number of rotatable bonds is 3. The lowest BCUT2D eigenvalue weighted by Gasteiger charge is -2.14. The Morgan fingerprint density at radius 2 is 2.20 bits per heavy atom. The maximum Gasteiger partial charge on any atom is 0.243 e. The molecule has 102 valence electrons. The first-order chi connectivity index (χ1) is 9.83. The molecule has 1 amide bonds. The average Bonchev–Trinajstić information content (AvgIpc) is 3.03. The fourth-order valence-corrected chi connectivity index (χ4v) is 2.68. The monoisotopic (exact) mass is 269 g/mol. The number of aryl methyl sites for hydroxylation is 1. The third kappa shape index (κ3) is 1.88. The normalized spacial score (nSPS) is 20.7. The molecule has 1 unspecified atom stereocenters. The van der Waals surface area contributed by atoms with Crippen LogP contribution in [0.1, 0.15) is 31.1 Å². The topological polar surface area (TPSA) is 72.7 Å². The van der Waals surface area contributed by atoms with Gasteiger partial charge in [0.2, 0.25) is 5.91 Å². The van der Waals surface area contributed by atoms with Crippen molar-refractivity contribution in [1.29, 1.82) is 0 Å². The van der Waals surface area contributed by atoms with Gasteiger partial charge in [0.05, 0.1) is 0 Å². The molecule has 6 nitrogen and oxygen atoms in total. The number of fused-ring (bicyclic) bond motifs is 1. The maximum absolute atomic E-state index is 12.3. The molecule has 2 aliphatic rings. The largest absolute Gasteiger partial charge is 0.352 e. The molecular formula is C14H15N5O. The van der Waals surface area contributed by atoms with E-state index in [1.807, 2.05) is 16.7 Å². The van der Waals surface area contributed by atoms with Crippen molar-refractivity contribution < 1.29 is 4.79 Å². The van der Waals surface area contributed by atoms with E-state index in [9.17, 15) is 4.79 Å². The number of pyridine rings is 1. The zero-order chi connectivity index (χ0) is 13.5. The summed E-state index contributed by atoms with van der Waals surface area (Å²) in [6.07, 6.45) is 7.28. The summed E-state index contributed by atoms with van der Waals surface area (Å²) in [5.41, 5.74) is 0.900. The van der Waals surface area contributed by atoms with E-state index in [1.165, 1.54) is 0 Å². The summed E-state index contributed by atoms with van der Waals surface area (Å²) in [6.45, 7) is 0. The molecular weight excluding hydrogens is 254 g/mol. The van der Waals surface area contributed by atoms with Gasteiger partial charge in [-0.05, 0) is 31.4 Å². The maximum atomic E-state index is 12.3. The van der Waals surface area contributed by atoms with Crippen LogP contribution >= 0.6 is 0 Å². The van der Waals surface area contributed by atoms with E-state index in [0.717, 1.165) is 42.9 Å². The highest BCUT2D eigenvalue weighted by Gasteiger charge is 2.35. The molecule has 1 N–H and O–H groups in total. The molecule has 1 fully saturated rings. The van der Waals surface area contributed by atoms with Crippen molar-refractivity contribution in [3.63, 3.8) is 0 Å². The van der Waals surface area contributed by atoms with Crippen molar-refractivity contribution >= 4 is 5.91 Å². The molecule has 0 bridgehead atoms. The van der Waals surface area contributed by atoms with Gasteiger partial charge in [0.1, 0.15) is 11.9 Å². The predicted molar refractivity (Wildman–Crippen MR) is 71.8 cm³/mol. The van der Waals surface area contributed by atoms with Gasteiger partial charge in [0.15, 0.2) is 5.82 Å². The number of hydrogen-bond acceptors (Lipinski definition) is 4.